The first-order valence-electron chi connectivity index (χ1n) is 15.7. The van der Waals surface area contributed by atoms with Gasteiger partial charge in [0.1, 0.15) is 26.4 Å². The molecule has 2 aromatic heterocycles. The van der Waals surface area contributed by atoms with Crippen molar-refractivity contribution in [3.63, 3.8) is 0 Å². The summed E-state index contributed by atoms with van der Waals surface area (Å²) in [5, 5.41) is 23.9. The second kappa shape index (κ2) is 19.5. The quantitative estimate of drug-likeness (QED) is 0.0828. The van der Waals surface area contributed by atoms with E-state index in [4.69, 9.17) is 10.2 Å². The van der Waals surface area contributed by atoms with E-state index in [2.05, 4.69) is 10.6 Å². The van der Waals surface area contributed by atoms with Crippen LogP contribution in [0.25, 0.3) is 0 Å². The van der Waals surface area contributed by atoms with Crippen LogP contribution in [0.3, 0.4) is 0 Å². The summed E-state index contributed by atoms with van der Waals surface area (Å²) in [5.41, 5.74) is 1.36. The van der Waals surface area contributed by atoms with E-state index >= 15 is 0 Å². The van der Waals surface area contributed by atoms with E-state index in [1.54, 1.807) is 12.1 Å². The van der Waals surface area contributed by atoms with Crippen molar-refractivity contribution >= 4 is 91.5 Å². The van der Waals surface area contributed by atoms with E-state index in [1.807, 2.05) is 13.8 Å². The first kappa shape index (κ1) is 42.0. The van der Waals surface area contributed by atoms with Gasteiger partial charge in [0.2, 0.25) is 11.8 Å². The number of carbonyl (C=O) groups is 6. The molecule has 0 atom stereocenters. The largest absolute Gasteiger partial charge is 0.481 e. The van der Waals surface area contributed by atoms with E-state index in [0.29, 0.717) is 45.1 Å². The molecule has 4 aromatic rings. The van der Waals surface area contributed by atoms with Gasteiger partial charge < -0.3 is 20.8 Å². The summed E-state index contributed by atoms with van der Waals surface area (Å²) in [4.78, 5) is 73.1. The molecule has 10 nitrogen and oxygen atoms in total. The van der Waals surface area contributed by atoms with Gasteiger partial charge in [-0.3, -0.25) is 28.8 Å². The summed E-state index contributed by atoms with van der Waals surface area (Å²) in [6, 6.07) is 13.9. The number of amides is 2. The van der Waals surface area contributed by atoms with E-state index in [-0.39, 0.29) is 40.6 Å². The van der Waals surface area contributed by atoms with Gasteiger partial charge in [0.15, 0.2) is 11.6 Å². The third kappa shape index (κ3) is 12.4. The number of ketones is 2. The van der Waals surface area contributed by atoms with Crippen molar-refractivity contribution in [1.82, 2.24) is 0 Å². The molecule has 0 aliphatic rings. The van der Waals surface area contributed by atoms with Gasteiger partial charge in [-0.15, -0.1) is 46.2 Å². The van der Waals surface area contributed by atoms with Crippen LogP contribution in [-0.4, -0.2) is 67.5 Å². The lowest BCUT2D eigenvalue weighted by Gasteiger charge is -2.17. The molecule has 0 saturated heterocycles. The molecular formula is C36H36F2N2O8S4. The Morgan fingerprint density at radius 1 is 0.673 bits per heavy atom. The molecule has 2 aromatic carbocycles. The van der Waals surface area contributed by atoms with Crippen LogP contribution in [0.5, 0.6) is 0 Å². The number of nitrogens with one attached hydrogen (secondary N) is 2. The second-order valence-electron chi connectivity index (χ2n) is 11.4. The lowest BCUT2D eigenvalue weighted by Crippen LogP contribution is -2.29. The number of carboxylic acids is 2. The molecule has 0 aliphatic carbocycles. The Morgan fingerprint density at radius 3 is 1.44 bits per heavy atom. The maximum absolute atomic E-state index is 13.1. The Hall–Kier alpha value is -4.38. The molecule has 0 spiro atoms. The standard InChI is InChI=1S/C19H20FNO4S2.C17H16FNO4S2/c1-4-13-9-14(16(23)11-5-7-12(20)8-6-11)17(27-13)21-15(22)10-26-19(2,3)18(24)25;1-2-12-7-13(16(23)10-3-5-11(18)6-4-10)17(25-12)19-14(20)8-24-9-15(21)22/h5-9H,4,10H2,1-3H3,(H,21,22)(H,24,25);3-7H,2,8-9H2,1H3,(H,19,20)(H,21,22). The number of rotatable bonds is 16. The van der Waals surface area contributed by atoms with E-state index in [9.17, 15) is 37.5 Å². The van der Waals surface area contributed by atoms with Gasteiger partial charge >= 0.3 is 11.9 Å². The number of carbonyl (C=O) groups excluding carboxylic acids is 4. The Morgan fingerprint density at radius 2 is 1.08 bits per heavy atom. The fourth-order valence-corrected chi connectivity index (χ4v) is 7.37. The van der Waals surface area contributed by atoms with Gasteiger partial charge in [0.25, 0.3) is 0 Å². The van der Waals surface area contributed by atoms with Crippen LogP contribution >= 0.6 is 46.2 Å². The molecular weight excluding hydrogens is 755 g/mol. The molecule has 0 fully saturated rings. The molecule has 16 heteroatoms. The predicted molar refractivity (Wildman–Crippen MR) is 203 cm³/mol. The van der Waals surface area contributed by atoms with E-state index < -0.39 is 28.3 Å². The maximum Gasteiger partial charge on any atom is 0.319 e. The molecule has 4 N–H and O–H groups in total. The van der Waals surface area contributed by atoms with Crippen LogP contribution in [-0.2, 0) is 32.0 Å². The second-order valence-corrected chi connectivity index (χ2v) is 16.2. The SMILES string of the molecule is CCc1cc(C(=O)c2ccc(F)cc2)c(NC(=O)CSC(C)(C)C(=O)O)s1.CCc1cc(C(=O)c2ccc(F)cc2)c(NC(=O)CSCC(=O)O)s1. The molecule has 0 aliphatic heterocycles. The smallest absolute Gasteiger partial charge is 0.319 e. The van der Waals surface area contributed by atoms with Gasteiger partial charge in [-0.25, -0.2) is 8.78 Å². The molecule has 2 amide bonds. The Labute approximate surface area is 315 Å². The fourth-order valence-electron chi connectivity index (χ4n) is 4.13. The third-order valence-electron chi connectivity index (χ3n) is 7.01. The number of aliphatic carboxylic acids is 2. The number of anilines is 2. The molecule has 4 rings (SSSR count). The van der Waals surface area contributed by atoms with Crippen LogP contribution in [0.4, 0.5) is 18.8 Å². The number of hydrogen-bond donors (Lipinski definition) is 4. The highest BCUT2D eigenvalue weighted by Gasteiger charge is 2.29. The minimum absolute atomic E-state index is 0.0180. The molecule has 0 bridgehead atoms. The first-order chi connectivity index (χ1) is 24.5. The van der Waals surface area contributed by atoms with Gasteiger partial charge in [-0.1, -0.05) is 13.8 Å². The van der Waals surface area contributed by atoms with Crippen molar-refractivity contribution in [2.24, 2.45) is 0 Å². The normalized spacial score (nSPS) is 10.9. The van der Waals surface area contributed by atoms with Crippen molar-refractivity contribution in [1.29, 1.82) is 0 Å². The van der Waals surface area contributed by atoms with E-state index in [0.717, 1.165) is 33.3 Å². The Balaban J connectivity index is 0.000000281. The van der Waals surface area contributed by atoms with Gasteiger partial charge in [-0.05, 0) is 87.4 Å². The zero-order valence-corrected chi connectivity index (χ0v) is 31.8. The number of carboxylic acid groups (broad SMARTS) is 2. The molecule has 52 heavy (non-hydrogen) atoms. The lowest BCUT2D eigenvalue weighted by molar-refractivity contribution is -0.139. The average Bonchev–Trinajstić information content (AvgIpc) is 3.71. The van der Waals surface area contributed by atoms with Crippen molar-refractivity contribution in [3.05, 3.63) is 104 Å². The zero-order valence-electron chi connectivity index (χ0n) is 28.5. The molecule has 0 saturated carbocycles. The average molecular weight is 791 g/mol. The highest BCUT2D eigenvalue weighted by Crippen LogP contribution is 2.33. The Kier molecular flexibility index (Phi) is 15.7. The van der Waals surface area contributed by atoms with Crippen molar-refractivity contribution in [3.8, 4) is 0 Å². The highest BCUT2D eigenvalue weighted by atomic mass is 32.2. The molecule has 0 unspecified atom stereocenters. The summed E-state index contributed by atoms with van der Waals surface area (Å²) in [5.74, 6) is -4.46. The minimum Gasteiger partial charge on any atom is -0.481 e. The number of benzene rings is 2. The van der Waals surface area contributed by atoms with Gasteiger partial charge in [0, 0.05) is 20.9 Å². The number of thioether (sulfide) groups is 2. The zero-order chi connectivity index (χ0) is 38.6. The molecule has 2 heterocycles. The van der Waals surface area contributed by atoms with Crippen LogP contribution in [0.1, 0.15) is 69.3 Å². The summed E-state index contributed by atoms with van der Waals surface area (Å²) in [7, 11) is 0. The fraction of sp³-hybridized carbons (Fsp3) is 0.278. The topological polar surface area (TPSA) is 167 Å². The van der Waals surface area contributed by atoms with Gasteiger partial charge in [0.05, 0.1) is 28.4 Å². The summed E-state index contributed by atoms with van der Waals surface area (Å²) >= 11 is 4.59. The van der Waals surface area contributed by atoms with Crippen molar-refractivity contribution < 1.29 is 47.8 Å². The lowest BCUT2D eigenvalue weighted by atomic mass is 10.0. The number of aryl methyl sites for hydroxylation is 2. The monoisotopic (exact) mass is 790 g/mol. The van der Waals surface area contributed by atoms with Crippen LogP contribution in [0, 0.1) is 11.6 Å². The minimum atomic E-state index is -1.09. The maximum atomic E-state index is 13.1. The Bertz CT molecular complexity index is 1920. The molecule has 0 radical (unpaired) electrons. The summed E-state index contributed by atoms with van der Waals surface area (Å²) < 4.78 is 25.0. The summed E-state index contributed by atoms with van der Waals surface area (Å²) in [6.07, 6.45) is 1.41. The summed E-state index contributed by atoms with van der Waals surface area (Å²) in [6.45, 7) is 6.93. The van der Waals surface area contributed by atoms with Crippen LogP contribution in [0.15, 0.2) is 60.7 Å². The predicted octanol–water partition coefficient (Wildman–Crippen LogP) is 7.65. The van der Waals surface area contributed by atoms with Crippen LogP contribution < -0.4 is 10.6 Å². The third-order valence-corrected chi connectivity index (χ3v) is 11.6. The van der Waals surface area contributed by atoms with Gasteiger partial charge in [-0.2, -0.15) is 0 Å². The number of halogens is 2. The number of thiophene rings is 2. The van der Waals surface area contributed by atoms with Crippen LogP contribution in [0.2, 0.25) is 0 Å². The van der Waals surface area contributed by atoms with E-state index in [1.165, 1.54) is 85.1 Å². The van der Waals surface area contributed by atoms with Crippen molar-refractivity contribution in [2.45, 2.75) is 45.3 Å². The first-order valence-corrected chi connectivity index (χ1v) is 19.4. The number of hydrogen-bond acceptors (Lipinski definition) is 10. The highest BCUT2D eigenvalue weighted by molar-refractivity contribution is 8.02. The molecule has 276 valence electrons. The van der Waals surface area contributed by atoms with Crippen molar-refractivity contribution in [2.75, 3.05) is 27.9 Å².